The maximum atomic E-state index is 5.60. The normalized spacial score (nSPS) is 17.3. The van der Waals surface area contributed by atoms with E-state index in [0.29, 0.717) is 0 Å². The molecule has 0 atom stereocenters. The fourth-order valence-corrected chi connectivity index (χ4v) is 2.75. The molecule has 20 heavy (non-hydrogen) atoms. The molecule has 1 heterocycles. The Bertz CT molecular complexity index is 389. The van der Waals surface area contributed by atoms with Crippen LogP contribution in [0.1, 0.15) is 12.0 Å². The maximum Gasteiger partial charge on any atom is 0.119 e. The van der Waals surface area contributed by atoms with Gasteiger partial charge in [-0.2, -0.15) is 0 Å². The molecule has 1 aliphatic heterocycles. The molecule has 4 nitrogen and oxygen atoms in total. The summed E-state index contributed by atoms with van der Waals surface area (Å²) in [6, 6.07) is 8.39. The van der Waals surface area contributed by atoms with Crippen molar-refractivity contribution >= 4 is 0 Å². The van der Waals surface area contributed by atoms with Gasteiger partial charge in [-0.15, -0.1) is 0 Å². The van der Waals surface area contributed by atoms with Crippen molar-refractivity contribution in [2.24, 2.45) is 5.73 Å². The zero-order chi connectivity index (χ0) is 14.2. The van der Waals surface area contributed by atoms with Gasteiger partial charge in [0.05, 0.1) is 7.11 Å². The Morgan fingerprint density at radius 2 is 1.80 bits per heavy atom. The number of piperazine rings is 1. The van der Waals surface area contributed by atoms with Crippen LogP contribution in [0.4, 0.5) is 0 Å². The first-order chi connectivity index (χ1) is 9.81. The summed E-state index contributed by atoms with van der Waals surface area (Å²) in [5, 5.41) is 0. The molecular formula is C16H27N3O. The van der Waals surface area contributed by atoms with Crippen molar-refractivity contribution in [1.82, 2.24) is 9.80 Å². The molecule has 1 aromatic carbocycles. The van der Waals surface area contributed by atoms with E-state index < -0.39 is 0 Å². The fraction of sp³-hybridized carbons (Fsp3) is 0.625. The summed E-state index contributed by atoms with van der Waals surface area (Å²) in [5.41, 5.74) is 6.96. The zero-order valence-electron chi connectivity index (χ0n) is 12.6. The minimum absolute atomic E-state index is 0.774. The fourth-order valence-electron chi connectivity index (χ4n) is 2.75. The highest BCUT2D eigenvalue weighted by atomic mass is 16.5. The Morgan fingerprint density at radius 1 is 1.10 bits per heavy atom. The summed E-state index contributed by atoms with van der Waals surface area (Å²) in [6.45, 7) is 7.68. The number of benzene rings is 1. The summed E-state index contributed by atoms with van der Waals surface area (Å²) < 4.78 is 5.26. The molecule has 1 aromatic rings. The molecule has 1 aliphatic rings. The number of rotatable bonds is 7. The van der Waals surface area contributed by atoms with Gasteiger partial charge in [0.25, 0.3) is 0 Å². The van der Waals surface area contributed by atoms with Crippen molar-refractivity contribution in [3.05, 3.63) is 29.8 Å². The molecule has 112 valence electrons. The van der Waals surface area contributed by atoms with E-state index in [2.05, 4.69) is 28.0 Å². The molecular weight excluding hydrogens is 250 g/mol. The van der Waals surface area contributed by atoms with Crippen molar-refractivity contribution in [2.75, 3.05) is 52.9 Å². The molecule has 0 unspecified atom stereocenters. The average Bonchev–Trinajstić information content (AvgIpc) is 2.50. The third kappa shape index (κ3) is 4.78. The lowest BCUT2D eigenvalue weighted by Gasteiger charge is -2.34. The minimum atomic E-state index is 0.774. The summed E-state index contributed by atoms with van der Waals surface area (Å²) in [5.74, 6) is 0.956. The van der Waals surface area contributed by atoms with Gasteiger partial charge in [0.1, 0.15) is 5.75 Å². The van der Waals surface area contributed by atoms with Crippen LogP contribution in [0.3, 0.4) is 0 Å². The smallest absolute Gasteiger partial charge is 0.119 e. The van der Waals surface area contributed by atoms with Crippen LogP contribution in [0.25, 0.3) is 0 Å². The quantitative estimate of drug-likeness (QED) is 0.813. The molecule has 1 saturated heterocycles. The monoisotopic (exact) mass is 277 g/mol. The van der Waals surface area contributed by atoms with Crippen LogP contribution in [-0.4, -0.2) is 62.7 Å². The van der Waals surface area contributed by atoms with E-state index in [0.717, 1.165) is 38.3 Å². The lowest BCUT2D eigenvalue weighted by atomic mass is 10.1. The van der Waals surface area contributed by atoms with E-state index in [4.69, 9.17) is 10.5 Å². The van der Waals surface area contributed by atoms with E-state index in [1.54, 1.807) is 7.11 Å². The van der Waals surface area contributed by atoms with Gasteiger partial charge in [-0.1, -0.05) is 12.1 Å². The molecule has 0 radical (unpaired) electrons. The van der Waals surface area contributed by atoms with E-state index in [1.165, 1.54) is 31.6 Å². The predicted molar refractivity (Wildman–Crippen MR) is 83.2 cm³/mol. The van der Waals surface area contributed by atoms with Crippen LogP contribution in [0, 0.1) is 0 Å². The SMILES string of the molecule is COc1cccc(CCCN2CCN(CCN)CC2)c1. The molecule has 0 saturated carbocycles. The molecule has 0 spiro atoms. The average molecular weight is 277 g/mol. The topological polar surface area (TPSA) is 41.7 Å². The molecule has 1 fully saturated rings. The molecule has 0 amide bonds. The molecule has 2 N–H and O–H groups in total. The highest BCUT2D eigenvalue weighted by molar-refractivity contribution is 5.28. The molecule has 0 aromatic heterocycles. The largest absolute Gasteiger partial charge is 0.497 e. The molecule has 4 heteroatoms. The Morgan fingerprint density at radius 3 is 2.45 bits per heavy atom. The van der Waals surface area contributed by atoms with Gasteiger partial charge in [0.2, 0.25) is 0 Å². The van der Waals surface area contributed by atoms with Gasteiger partial charge in [-0.05, 0) is 37.1 Å². The number of hydrogen-bond acceptors (Lipinski definition) is 4. The summed E-state index contributed by atoms with van der Waals surface area (Å²) >= 11 is 0. The molecule has 2 rings (SSSR count). The highest BCUT2D eigenvalue weighted by Crippen LogP contribution is 2.14. The van der Waals surface area contributed by atoms with Crippen LogP contribution in [0.5, 0.6) is 5.75 Å². The third-order valence-electron chi connectivity index (χ3n) is 3.98. The summed E-state index contributed by atoms with van der Waals surface area (Å²) in [7, 11) is 1.72. The van der Waals surface area contributed by atoms with Crippen molar-refractivity contribution in [3.8, 4) is 5.75 Å². The Hall–Kier alpha value is -1.10. The van der Waals surface area contributed by atoms with Crippen molar-refractivity contribution in [1.29, 1.82) is 0 Å². The van der Waals surface area contributed by atoms with E-state index >= 15 is 0 Å². The second kappa shape index (κ2) is 8.25. The van der Waals surface area contributed by atoms with Gasteiger partial charge < -0.3 is 15.4 Å². The number of methoxy groups -OCH3 is 1. The molecule has 0 bridgehead atoms. The number of nitrogens with two attached hydrogens (primary N) is 1. The van der Waals surface area contributed by atoms with Crippen LogP contribution < -0.4 is 10.5 Å². The van der Waals surface area contributed by atoms with Crippen LogP contribution >= 0.6 is 0 Å². The van der Waals surface area contributed by atoms with E-state index in [1.807, 2.05) is 6.07 Å². The first-order valence-electron chi connectivity index (χ1n) is 7.59. The number of ether oxygens (including phenoxy) is 1. The van der Waals surface area contributed by atoms with Crippen LogP contribution in [0.15, 0.2) is 24.3 Å². The lowest BCUT2D eigenvalue weighted by molar-refractivity contribution is 0.134. The number of aryl methyl sites for hydroxylation is 1. The second-order valence-electron chi connectivity index (χ2n) is 5.43. The predicted octanol–water partition coefficient (Wildman–Crippen LogP) is 1.20. The minimum Gasteiger partial charge on any atom is -0.497 e. The van der Waals surface area contributed by atoms with E-state index in [9.17, 15) is 0 Å². The van der Waals surface area contributed by atoms with Crippen molar-refractivity contribution < 1.29 is 4.74 Å². The molecule has 0 aliphatic carbocycles. The summed E-state index contributed by atoms with van der Waals surface area (Å²) in [4.78, 5) is 5.02. The van der Waals surface area contributed by atoms with E-state index in [-0.39, 0.29) is 0 Å². The standard InChI is InChI=1S/C16H27N3O/c1-20-16-6-2-4-15(14-16)5-3-8-18-10-12-19(9-7-17)13-11-18/h2,4,6,14H,3,5,7-13,17H2,1H3. The lowest BCUT2D eigenvalue weighted by Crippen LogP contribution is -2.47. The van der Waals surface area contributed by atoms with Gasteiger partial charge >= 0.3 is 0 Å². The third-order valence-corrected chi connectivity index (χ3v) is 3.98. The van der Waals surface area contributed by atoms with Gasteiger partial charge in [0, 0.05) is 39.3 Å². The van der Waals surface area contributed by atoms with Crippen LogP contribution in [-0.2, 0) is 6.42 Å². The first kappa shape index (κ1) is 15.3. The van der Waals surface area contributed by atoms with Gasteiger partial charge in [-0.3, -0.25) is 4.90 Å². The van der Waals surface area contributed by atoms with Gasteiger partial charge in [-0.25, -0.2) is 0 Å². The Balaban J connectivity index is 1.66. The maximum absolute atomic E-state index is 5.60. The number of hydrogen-bond donors (Lipinski definition) is 1. The van der Waals surface area contributed by atoms with Crippen molar-refractivity contribution in [3.63, 3.8) is 0 Å². The Labute approximate surface area is 122 Å². The zero-order valence-corrected chi connectivity index (χ0v) is 12.6. The van der Waals surface area contributed by atoms with Gasteiger partial charge in [0.15, 0.2) is 0 Å². The number of nitrogens with zero attached hydrogens (tertiary/aromatic N) is 2. The highest BCUT2D eigenvalue weighted by Gasteiger charge is 2.15. The first-order valence-corrected chi connectivity index (χ1v) is 7.59. The van der Waals surface area contributed by atoms with Crippen molar-refractivity contribution in [2.45, 2.75) is 12.8 Å². The second-order valence-corrected chi connectivity index (χ2v) is 5.43. The summed E-state index contributed by atoms with van der Waals surface area (Å²) in [6.07, 6.45) is 2.34. The Kier molecular flexibility index (Phi) is 6.30. The van der Waals surface area contributed by atoms with Crippen LogP contribution in [0.2, 0.25) is 0 Å².